The molecule has 0 radical (unpaired) electrons. The Labute approximate surface area is 96.3 Å². The standard InChI is InChI=1S/C12H19N3O/c16-8-7-15-5-1-11(2-6-15)9-12-10-13-3-4-14-12/h3-4,10-11,16H,1-2,5-9H2. The van der Waals surface area contributed by atoms with Gasteiger partial charge in [-0.1, -0.05) is 0 Å². The quantitative estimate of drug-likeness (QED) is 0.814. The molecule has 1 aliphatic rings. The maximum atomic E-state index is 8.86. The second-order valence-corrected chi connectivity index (χ2v) is 4.41. The van der Waals surface area contributed by atoms with E-state index in [1.807, 2.05) is 6.20 Å². The molecule has 1 aliphatic heterocycles. The van der Waals surface area contributed by atoms with Crippen molar-refractivity contribution in [1.82, 2.24) is 14.9 Å². The maximum Gasteiger partial charge on any atom is 0.0589 e. The fourth-order valence-electron chi connectivity index (χ4n) is 2.29. The van der Waals surface area contributed by atoms with Crippen LogP contribution in [0.2, 0.25) is 0 Å². The molecule has 0 saturated carbocycles. The maximum absolute atomic E-state index is 8.86. The molecule has 1 aromatic rings. The second-order valence-electron chi connectivity index (χ2n) is 4.41. The van der Waals surface area contributed by atoms with Crippen molar-refractivity contribution in [3.8, 4) is 0 Å². The van der Waals surface area contributed by atoms with Gasteiger partial charge in [0.05, 0.1) is 12.3 Å². The monoisotopic (exact) mass is 221 g/mol. The van der Waals surface area contributed by atoms with Gasteiger partial charge in [-0.3, -0.25) is 9.97 Å². The fraction of sp³-hybridized carbons (Fsp3) is 0.667. The van der Waals surface area contributed by atoms with Gasteiger partial charge < -0.3 is 10.0 Å². The Bertz CT molecular complexity index is 296. The summed E-state index contributed by atoms with van der Waals surface area (Å²) in [7, 11) is 0. The van der Waals surface area contributed by atoms with Crippen molar-refractivity contribution in [2.24, 2.45) is 5.92 Å². The highest BCUT2D eigenvalue weighted by Crippen LogP contribution is 2.20. The Morgan fingerprint density at radius 1 is 1.31 bits per heavy atom. The number of aromatic nitrogens is 2. The van der Waals surface area contributed by atoms with E-state index >= 15 is 0 Å². The Morgan fingerprint density at radius 2 is 2.12 bits per heavy atom. The van der Waals surface area contributed by atoms with Gasteiger partial charge in [0.1, 0.15) is 0 Å². The Kier molecular flexibility index (Phi) is 4.25. The zero-order valence-electron chi connectivity index (χ0n) is 9.55. The molecule has 0 aliphatic carbocycles. The molecule has 88 valence electrons. The van der Waals surface area contributed by atoms with Crippen molar-refractivity contribution in [2.75, 3.05) is 26.2 Å². The summed E-state index contributed by atoms with van der Waals surface area (Å²) in [5.41, 5.74) is 1.10. The molecule has 1 saturated heterocycles. The largest absolute Gasteiger partial charge is 0.395 e. The molecule has 16 heavy (non-hydrogen) atoms. The highest BCUT2D eigenvalue weighted by Gasteiger charge is 2.19. The molecule has 1 fully saturated rings. The molecule has 0 amide bonds. The Morgan fingerprint density at radius 3 is 2.75 bits per heavy atom. The third-order valence-corrected chi connectivity index (χ3v) is 3.24. The molecule has 1 aromatic heterocycles. The Balaban J connectivity index is 1.77. The molecule has 4 nitrogen and oxygen atoms in total. The van der Waals surface area contributed by atoms with Crippen LogP contribution < -0.4 is 0 Å². The molecule has 0 unspecified atom stereocenters. The summed E-state index contributed by atoms with van der Waals surface area (Å²) in [6.45, 7) is 3.30. The van der Waals surface area contributed by atoms with Crippen LogP contribution in [0.4, 0.5) is 0 Å². The number of hydrogen-bond donors (Lipinski definition) is 1. The molecule has 0 atom stereocenters. The van der Waals surface area contributed by atoms with E-state index in [0.717, 1.165) is 37.7 Å². The molecule has 1 N–H and O–H groups in total. The Hall–Kier alpha value is -1.00. The average molecular weight is 221 g/mol. The topological polar surface area (TPSA) is 49.2 Å². The zero-order valence-corrected chi connectivity index (χ0v) is 9.55. The summed E-state index contributed by atoms with van der Waals surface area (Å²) in [4.78, 5) is 10.7. The SMILES string of the molecule is OCCN1CCC(Cc2cnccn2)CC1. The lowest BCUT2D eigenvalue weighted by molar-refractivity contribution is 0.147. The van der Waals surface area contributed by atoms with Crippen molar-refractivity contribution < 1.29 is 5.11 Å². The van der Waals surface area contributed by atoms with Crippen LogP contribution >= 0.6 is 0 Å². The number of rotatable bonds is 4. The molecule has 2 heterocycles. The van der Waals surface area contributed by atoms with Gasteiger partial charge in [-0.2, -0.15) is 0 Å². The van der Waals surface area contributed by atoms with Gasteiger partial charge in [0.25, 0.3) is 0 Å². The van der Waals surface area contributed by atoms with Crippen molar-refractivity contribution in [3.63, 3.8) is 0 Å². The van der Waals surface area contributed by atoms with Crippen LogP contribution in [0.1, 0.15) is 18.5 Å². The third kappa shape index (κ3) is 3.25. The minimum Gasteiger partial charge on any atom is -0.395 e. The van der Waals surface area contributed by atoms with Crippen molar-refractivity contribution in [3.05, 3.63) is 24.3 Å². The van der Waals surface area contributed by atoms with Crippen LogP contribution in [-0.4, -0.2) is 46.2 Å². The summed E-state index contributed by atoms with van der Waals surface area (Å²) < 4.78 is 0. The average Bonchev–Trinajstić information content (AvgIpc) is 2.33. The number of aliphatic hydroxyl groups is 1. The number of aliphatic hydroxyl groups excluding tert-OH is 1. The predicted octanol–water partition coefficient (Wildman–Crippen LogP) is 0.723. The summed E-state index contributed by atoms with van der Waals surface area (Å²) >= 11 is 0. The molecular weight excluding hydrogens is 202 g/mol. The van der Waals surface area contributed by atoms with Crippen LogP contribution in [0.5, 0.6) is 0 Å². The van der Waals surface area contributed by atoms with Gasteiger partial charge >= 0.3 is 0 Å². The normalized spacial score (nSPS) is 18.8. The first-order chi connectivity index (χ1) is 7.88. The lowest BCUT2D eigenvalue weighted by atomic mass is 9.92. The second kappa shape index (κ2) is 5.92. The van der Waals surface area contributed by atoms with Gasteiger partial charge in [0, 0.05) is 25.1 Å². The molecule has 2 rings (SSSR count). The van der Waals surface area contributed by atoms with E-state index in [4.69, 9.17) is 5.11 Å². The lowest BCUT2D eigenvalue weighted by Crippen LogP contribution is -2.36. The summed E-state index contributed by atoms with van der Waals surface area (Å²) in [6.07, 6.45) is 8.79. The van der Waals surface area contributed by atoms with E-state index in [1.54, 1.807) is 12.4 Å². The number of hydrogen-bond acceptors (Lipinski definition) is 4. The fourth-order valence-corrected chi connectivity index (χ4v) is 2.29. The summed E-state index contributed by atoms with van der Waals surface area (Å²) in [6, 6.07) is 0. The minimum atomic E-state index is 0.273. The van der Waals surface area contributed by atoms with Gasteiger partial charge in [-0.25, -0.2) is 0 Å². The number of β-amino-alcohol motifs (C(OH)–C–C–N with tert-alkyl or cyclic N) is 1. The highest BCUT2D eigenvalue weighted by molar-refractivity contribution is 4.96. The number of likely N-dealkylation sites (tertiary alicyclic amines) is 1. The number of piperidine rings is 1. The zero-order chi connectivity index (χ0) is 11.2. The van der Waals surface area contributed by atoms with Crippen LogP contribution in [0.15, 0.2) is 18.6 Å². The van der Waals surface area contributed by atoms with Gasteiger partial charge in [-0.15, -0.1) is 0 Å². The first kappa shape index (κ1) is 11.5. The third-order valence-electron chi connectivity index (χ3n) is 3.24. The first-order valence-corrected chi connectivity index (χ1v) is 5.96. The molecule has 0 aromatic carbocycles. The van der Waals surface area contributed by atoms with E-state index in [2.05, 4.69) is 14.9 Å². The number of nitrogens with zero attached hydrogens (tertiary/aromatic N) is 3. The molecule has 0 bridgehead atoms. The minimum absolute atomic E-state index is 0.273. The molecule has 4 heteroatoms. The van der Waals surface area contributed by atoms with Gasteiger partial charge in [-0.05, 0) is 38.3 Å². The van der Waals surface area contributed by atoms with Crippen LogP contribution in [0.3, 0.4) is 0 Å². The van der Waals surface area contributed by atoms with E-state index in [-0.39, 0.29) is 6.61 Å². The van der Waals surface area contributed by atoms with Gasteiger partial charge in [0.2, 0.25) is 0 Å². The molecule has 0 spiro atoms. The summed E-state index contributed by atoms with van der Waals surface area (Å²) in [5, 5.41) is 8.86. The van der Waals surface area contributed by atoms with Crippen LogP contribution in [0.25, 0.3) is 0 Å². The van der Waals surface area contributed by atoms with Crippen LogP contribution in [0, 0.1) is 5.92 Å². The van der Waals surface area contributed by atoms with E-state index in [1.165, 1.54) is 12.8 Å². The summed E-state index contributed by atoms with van der Waals surface area (Å²) in [5.74, 6) is 0.728. The van der Waals surface area contributed by atoms with E-state index < -0.39 is 0 Å². The van der Waals surface area contributed by atoms with Crippen molar-refractivity contribution >= 4 is 0 Å². The van der Waals surface area contributed by atoms with Crippen molar-refractivity contribution in [2.45, 2.75) is 19.3 Å². The first-order valence-electron chi connectivity index (χ1n) is 5.96. The lowest BCUT2D eigenvalue weighted by Gasteiger charge is -2.31. The van der Waals surface area contributed by atoms with Gasteiger partial charge in [0.15, 0.2) is 0 Å². The van der Waals surface area contributed by atoms with Crippen LogP contribution in [-0.2, 0) is 6.42 Å². The van der Waals surface area contributed by atoms with Crippen molar-refractivity contribution in [1.29, 1.82) is 0 Å². The van der Waals surface area contributed by atoms with E-state index in [9.17, 15) is 0 Å². The molecular formula is C12H19N3O. The predicted molar refractivity (Wildman–Crippen MR) is 62.0 cm³/mol. The smallest absolute Gasteiger partial charge is 0.0589 e. The highest BCUT2D eigenvalue weighted by atomic mass is 16.3. The van der Waals surface area contributed by atoms with E-state index in [0.29, 0.717) is 0 Å².